The van der Waals surface area contributed by atoms with E-state index in [1.165, 1.54) is 7.11 Å². The minimum absolute atomic E-state index is 0. The van der Waals surface area contributed by atoms with Crippen LogP contribution in [0.1, 0.15) is 38.2 Å². The second-order valence-electron chi connectivity index (χ2n) is 6.41. The highest BCUT2D eigenvalue weighted by Gasteiger charge is 2.42. The molecule has 2 rings (SSSR count). The Hall–Kier alpha value is -1.39. The van der Waals surface area contributed by atoms with Gasteiger partial charge in [-0.2, -0.15) is 13.2 Å². The summed E-state index contributed by atoms with van der Waals surface area (Å²) in [6, 6.07) is 4.85. The summed E-state index contributed by atoms with van der Waals surface area (Å²) >= 11 is 0. The summed E-state index contributed by atoms with van der Waals surface area (Å²) < 4.78 is 44.0. The van der Waals surface area contributed by atoms with E-state index in [9.17, 15) is 18.3 Å². The van der Waals surface area contributed by atoms with Gasteiger partial charge >= 0.3 is 6.18 Å². The third kappa shape index (κ3) is 6.93. The molecule has 0 aliphatic heterocycles. The number of hydrogen-bond acceptors (Lipinski definition) is 3. The molecule has 3 N–H and O–H groups in total. The number of nitrogens with one attached hydrogen (secondary N) is 2. The van der Waals surface area contributed by atoms with Crippen LogP contribution in [-0.2, 0) is 6.54 Å². The molecule has 5 nitrogen and oxygen atoms in total. The molecule has 1 aliphatic rings. The van der Waals surface area contributed by atoms with Crippen LogP contribution in [-0.4, -0.2) is 36.9 Å². The number of para-hydroxylation sites is 1. The summed E-state index contributed by atoms with van der Waals surface area (Å²) in [5.41, 5.74) is 0.582. The molecular weight excluding hydrogens is 474 g/mol. The van der Waals surface area contributed by atoms with Gasteiger partial charge in [0.05, 0.1) is 19.6 Å². The highest BCUT2D eigenvalue weighted by atomic mass is 127. The van der Waals surface area contributed by atoms with Gasteiger partial charge in [0.15, 0.2) is 17.5 Å². The lowest BCUT2D eigenvalue weighted by Crippen LogP contribution is -2.46. The summed E-state index contributed by atoms with van der Waals surface area (Å²) in [7, 11) is 1.47. The van der Waals surface area contributed by atoms with Crippen molar-refractivity contribution < 1.29 is 23.0 Å². The number of halogens is 4. The Bertz CT molecular complexity index is 626. The normalized spacial score (nSPS) is 20.6. The Morgan fingerprint density at radius 1 is 1.33 bits per heavy atom. The monoisotopic (exact) mass is 501 g/mol. The third-order valence-electron chi connectivity index (χ3n) is 4.53. The molecule has 27 heavy (non-hydrogen) atoms. The van der Waals surface area contributed by atoms with Crippen molar-refractivity contribution in [1.29, 1.82) is 0 Å². The number of phenolic OH excluding ortho intramolecular Hbond substituents is 1. The fourth-order valence-electron chi connectivity index (χ4n) is 3.16. The molecule has 2 atom stereocenters. The van der Waals surface area contributed by atoms with Crippen molar-refractivity contribution in [2.24, 2.45) is 10.9 Å². The second kappa shape index (κ2) is 10.8. The van der Waals surface area contributed by atoms with E-state index in [0.29, 0.717) is 36.7 Å². The molecule has 0 aromatic heterocycles. The zero-order valence-electron chi connectivity index (χ0n) is 15.5. The van der Waals surface area contributed by atoms with Crippen molar-refractivity contribution in [2.45, 2.75) is 51.4 Å². The number of nitrogens with zero attached hydrogens (tertiary/aromatic N) is 1. The molecule has 2 unspecified atom stereocenters. The Morgan fingerprint density at radius 2 is 2.07 bits per heavy atom. The van der Waals surface area contributed by atoms with Gasteiger partial charge in [-0.25, -0.2) is 4.99 Å². The van der Waals surface area contributed by atoms with Gasteiger partial charge in [-0.15, -0.1) is 24.0 Å². The maximum atomic E-state index is 13.0. The number of guanidine groups is 1. The zero-order valence-corrected chi connectivity index (χ0v) is 17.8. The number of benzene rings is 1. The molecule has 154 valence electrons. The van der Waals surface area contributed by atoms with E-state index in [1.54, 1.807) is 18.2 Å². The Kier molecular flexibility index (Phi) is 9.48. The van der Waals surface area contributed by atoms with Crippen molar-refractivity contribution >= 4 is 29.9 Å². The van der Waals surface area contributed by atoms with Crippen LogP contribution in [0.3, 0.4) is 0 Å². The van der Waals surface area contributed by atoms with Crippen molar-refractivity contribution in [2.75, 3.05) is 13.7 Å². The first-order chi connectivity index (χ1) is 12.3. The second-order valence-corrected chi connectivity index (χ2v) is 6.41. The molecule has 0 bridgehead atoms. The third-order valence-corrected chi connectivity index (χ3v) is 4.53. The number of alkyl halides is 3. The molecule has 0 spiro atoms. The summed E-state index contributed by atoms with van der Waals surface area (Å²) in [6.07, 6.45) is -2.69. The number of methoxy groups -OCH3 is 1. The molecule has 9 heteroatoms. The highest BCUT2D eigenvalue weighted by molar-refractivity contribution is 14.0. The van der Waals surface area contributed by atoms with Crippen molar-refractivity contribution in [3.63, 3.8) is 0 Å². The van der Waals surface area contributed by atoms with E-state index in [-0.39, 0.29) is 55.2 Å². The summed E-state index contributed by atoms with van der Waals surface area (Å²) in [5, 5.41) is 16.3. The van der Waals surface area contributed by atoms with Gasteiger partial charge in [0.2, 0.25) is 0 Å². The molecule has 1 aliphatic carbocycles. The van der Waals surface area contributed by atoms with E-state index in [0.717, 1.165) is 0 Å². The Balaban J connectivity index is 0.00000364. The molecule has 1 aromatic rings. The fourth-order valence-corrected chi connectivity index (χ4v) is 3.16. The quantitative estimate of drug-likeness (QED) is 0.322. The van der Waals surface area contributed by atoms with E-state index in [2.05, 4.69) is 15.6 Å². The van der Waals surface area contributed by atoms with Crippen LogP contribution in [0.2, 0.25) is 0 Å². The van der Waals surface area contributed by atoms with Crippen molar-refractivity contribution in [3.8, 4) is 11.5 Å². The van der Waals surface area contributed by atoms with E-state index in [4.69, 9.17) is 4.74 Å². The van der Waals surface area contributed by atoms with Crippen LogP contribution in [0.25, 0.3) is 0 Å². The molecular formula is C18H27F3IN3O2. The number of aliphatic imine (C=N–C) groups is 1. The van der Waals surface area contributed by atoms with Crippen LogP contribution in [0.5, 0.6) is 11.5 Å². The molecule has 1 fully saturated rings. The molecule has 0 heterocycles. The largest absolute Gasteiger partial charge is 0.504 e. The maximum Gasteiger partial charge on any atom is 0.391 e. The predicted molar refractivity (Wildman–Crippen MR) is 110 cm³/mol. The van der Waals surface area contributed by atoms with E-state index < -0.39 is 12.1 Å². The summed E-state index contributed by atoms with van der Waals surface area (Å²) in [5.74, 6) is -0.443. The van der Waals surface area contributed by atoms with Crippen LogP contribution >= 0.6 is 24.0 Å². The van der Waals surface area contributed by atoms with E-state index >= 15 is 0 Å². The molecule has 0 amide bonds. The van der Waals surface area contributed by atoms with E-state index in [1.807, 2.05) is 6.92 Å². The first-order valence-corrected chi connectivity index (χ1v) is 8.81. The number of ether oxygens (including phenoxy) is 1. The van der Waals surface area contributed by atoms with Crippen LogP contribution < -0.4 is 15.4 Å². The Labute approximate surface area is 174 Å². The smallest absolute Gasteiger partial charge is 0.391 e. The molecule has 0 saturated heterocycles. The number of aromatic hydroxyl groups is 1. The number of phenols is 1. The Morgan fingerprint density at radius 3 is 2.70 bits per heavy atom. The highest BCUT2D eigenvalue weighted by Crippen LogP contribution is 2.37. The van der Waals surface area contributed by atoms with Gasteiger partial charge in [-0.05, 0) is 32.3 Å². The zero-order chi connectivity index (χ0) is 19.2. The molecule has 0 radical (unpaired) electrons. The van der Waals surface area contributed by atoms with Crippen molar-refractivity contribution in [3.05, 3.63) is 23.8 Å². The van der Waals surface area contributed by atoms with Gasteiger partial charge in [-0.1, -0.05) is 18.6 Å². The average Bonchev–Trinajstić information content (AvgIpc) is 2.60. The topological polar surface area (TPSA) is 65.9 Å². The van der Waals surface area contributed by atoms with Gasteiger partial charge in [0.1, 0.15) is 0 Å². The van der Waals surface area contributed by atoms with Crippen LogP contribution in [0, 0.1) is 5.92 Å². The fraction of sp³-hybridized carbons (Fsp3) is 0.611. The predicted octanol–water partition coefficient (Wildman–Crippen LogP) is 4.20. The summed E-state index contributed by atoms with van der Waals surface area (Å²) in [6.45, 7) is 2.67. The molecule has 1 saturated carbocycles. The van der Waals surface area contributed by atoms with Crippen LogP contribution in [0.15, 0.2) is 23.2 Å². The lowest BCUT2D eigenvalue weighted by molar-refractivity contribution is -0.183. The van der Waals surface area contributed by atoms with Gasteiger partial charge in [-0.3, -0.25) is 0 Å². The van der Waals surface area contributed by atoms with Crippen LogP contribution in [0.4, 0.5) is 13.2 Å². The first kappa shape index (κ1) is 23.6. The van der Waals surface area contributed by atoms with Crippen molar-refractivity contribution in [1.82, 2.24) is 10.6 Å². The minimum Gasteiger partial charge on any atom is -0.504 e. The lowest BCUT2D eigenvalue weighted by Gasteiger charge is -2.31. The van der Waals surface area contributed by atoms with Gasteiger partial charge < -0.3 is 20.5 Å². The number of hydrogen-bond donors (Lipinski definition) is 3. The number of rotatable bonds is 5. The standard InChI is InChI=1S/C18H26F3N3O2.HI/c1-3-22-17(23-11-12-6-4-9-15(26-2)16(12)25)24-14-8-5-7-13(10-14)18(19,20)21;/h4,6,9,13-14,25H,3,5,7-8,10-11H2,1-2H3,(H2,22,23,24);1H. The lowest BCUT2D eigenvalue weighted by atomic mass is 9.85. The minimum atomic E-state index is -4.15. The maximum absolute atomic E-state index is 13.0. The molecule has 1 aromatic carbocycles. The van der Waals surface area contributed by atoms with Gasteiger partial charge in [0.25, 0.3) is 0 Å². The average molecular weight is 501 g/mol. The SMILES string of the molecule is CCNC(=NCc1cccc(OC)c1O)NC1CCCC(C(F)(F)F)C1.I. The van der Waals surface area contributed by atoms with Gasteiger partial charge in [0, 0.05) is 18.2 Å². The summed E-state index contributed by atoms with van der Waals surface area (Å²) in [4.78, 5) is 4.40. The first-order valence-electron chi connectivity index (χ1n) is 8.81.